The first-order valence-corrected chi connectivity index (χ1v) is 9.31. The predicted molar refractivity (Wildman–Crippen MR) is 108 cm³/mol. The highest BCUT2D eigenvalue weighted by Crippen LogP contribution is 2.40. The predicted octanol–water partition coefficient (Wildman–Crippen LogP) is 3.60. The van der Waals surface area contributed by atoms with Gasteiger partial charge in [-0.1, -0.05) is 29.8 Å². The lowest BCUT2D eigenvalue weighted by atomic mass is 9.85. The molecule has 1 amide bonds. The van der Waals surface area contributed by atoms with Gasteiger partial charge in [-0.25, -0.2) is 4.68 Å². The van der Waals surface area contributed by atoms with E-state index >= 15 is 0 Å². The van der Waals surface area contributed by atoms with E-state index in [4.69, 9.17) is 16.3 Å². The van der Waals surface area contributed by atoms with Gasteiger partial charge < -0.3 is 15.4 Å². The van der Waals surface area contributed by atoms with Crippen molar-refractivity contribution in [3.05, 3.63) is 65.4 Å². The molecule has 0 fully saturated rings. The van der Waals surface area contributed by atoms with Gasteiger partial charge in [-0.05, 0) is 37.3 Å². The summed E-state index contributed by atoms with van der Waals surface area (Å²) >= 11 is 5.95. The van der Waals surface area contributed by atoms with Gasteiger partial charge in [-0.2, -0.15) is 10.1 Å². The zero-order valence-corrected chi connectivity index (χ0v) is 16.2. The highest BCUT2D eigenvalue weighted by atomic mass is 35.5. The molecular formula is C20H20ClN5O2. The van der Waals surface area contributed by atoms with Crippen LogP contribution in [-0.4, -0.2) is 33.8 Å². The molecule has 0 bridgehead atoms. The molecule has 0 aliphatic carbocycles. The number of carbonyl (C=O) groups is 1. The highest BCUT2D eigenvalue weighted by Gasteiger charge is 2.42. The molecule has 8 heteroatoms. The maximum absolute atomic E-state index is 13.3. The monoisotopic (exact) mass is 397 g/mol. The lowest BCUT2D eigenvalue weighted by Gasteiger charge is -2.37. The number of amides is 1. The lowest BCUT2D eigenvalue weighted by Crippen LogP contribution is -2.46. The van der Waals surface area contributed by atoms with Gasteiger partial charge in [0.25, 0.3) is 0 Å². The summed E-state index contributed by atoms with van der Waals surface area (Å²) in [6.07, 6.45) is 1.48. The molecule has 1 aromatic heterocycles. The highest BCUT2D eigenvalue weighted by molar-refractivity contribution is 6.30. The number of ether oxygens (including phenoxy) is 1. The van der Waals surface area contributed by atoms with E-state index in [-0.39, 0.29) is 18.0 Å². The van der Waals surface area contributed by atoms with Crippen molar-refractivity contribution in [2.45, 2.75) is 19.0 Å². The maximum atomic E-state index is 13.3. The van der Waals surface area contributed by atoms with Crippen molar-refractivity contribution in [3.8, 4) is 5.75 Å². The van der Waals surface area contributed by atoms with Gasteiger partial charge in [0.05, 0.1) is 19.1 Å². The van der Waals surface area contributed by atoms with Crippen molar-refractivity contribution >= 4 is 29.1 Å². The van der Waals surface area contributed by atoms with Crippen molar-refractivity contribution in [1.29, 1.82) is 0 Å². The van der Waals surface area contributed by atoms with Crippen LogP contribution in [0, 0.1) is 5.92 Å². The molecule has 1 aliphatic heterocycles. The summed E-state index contributed by atoms with van der Waals surface area (Å²) in [5.74, 6) is 0.756. The van der Waals surface area contributed by atoms with Crippen molar-refractivity contribution in [2.24, 2.45) is 5.92 Å². The van der Waals surface area contributed by atoms with Gasteiger partial charge in [-0.15, -0.1) is 0 Å². The van der Waals surface area contributed by atoms with E-state index in [9.17, 15) is 4.79 Å². The number of nitrogens with zero attached hydrogens (tertiary/aromatic N) is 3. The number of halogens is 1. The summed E-state index contributed by atoms with van der Waals surface area (Å²) in [5.41, 5.74) is 1.56. The third-order valence-electron chi connectivity index (χ3n) is 4.94. The fourth-order valence-electron chi connectivity index (χ4n) is 3.64. The van der Waals surface area contributed by atoms with Crippen LogP contribution in [0.25, 0.3) is 0 Å². The number of nitrogens with one attached hydrogen (secondary N) is 2. The minimum Gasteiger partial charge on any atom is -0.496 e. The molecule has 0 unspecified atom stereocenters. The zero-order chi connectivity index (χ0) is 19.7. The molecular weight excluding hydrogens is 378 g/mol. The van der Waals surface area contributed by atoms with E-state index in [0.717, 1.165) is 5.56 Å². The second kappa shape index (κ2) is 7.52. The van der Waals surface area contributed by atoms with Gasteiger partial charge >= 0.3 is 0 Å². The van der Waals surface area contributed by atoms with E-state index in [1.807, 2.05) is 31.2 Å². The SMILES string of the molecule is COc1ccccc1[C@@H]1[C@H](C(=O)Nc2ccc(Cl)cc2)[C@H](C)Nc2ncnn21. The molecule has 3 aromatic rings. The van der Waals surface area contributed by atoms with Gasteiger partial charge in [0.15, 0.2) is 0 Å². The Labute approximate surface area is 167 Å². The number of hydrogen-bond acceptors (Lipinski definition) is 5. The van der Waals surface area contributed by atoms with Crippen LogP contribution in [0.2, 0.25) is 5.02 Å². The van der Waals surface area contributed by atoms with Crippen LogP contribution in [0.15, 0.2) is 54.9 Å². The Kier molecular flexibility index (Phi) is 4.92. The second-order valence-corrected chi connectivity index (χ2v) is 7.11. The summed E-state index contributed by atoms with van der Waals surface area (Å²) in [4.78, 5) is 17.6. The summed E-state index contributed by atoms with van der Waals surface area (Å²) < 4.78 is 7.30. The molecule has 0 saturated carbocycles. The Bertz CT molecular complexity index is 988. The number of carbonyl (C=O) groups excluding carboxylic acids is 1. The van der Waals surface area contributed by atoms with E-state index in [0.29, 0.717) is 22.4 Å². The Hall–Kier alpha value is -3.06. The molecule has 4 rings (SSSR count). The number of rotatable bonds is 4. The first-order chi connectivity index (χ1) is 13.6. The van der Waals surface area contributed by atoms with E-state index in [2.05, 4.69) is 20.7 Å². The molecule has 1 aliphatic rings. The first-order valence-electron chi connectivity index (χ1n) is 8.94. The average Bonchev–Trinajstić information content (AvgIpc) is 3.16. The smallest absolute Gasteiger partial charge is 0.232 e. The second-order valence-electron chi connectivity index (χ2n) is 6.67. The summed E-state index contributed by atoms with van der Waals surface area (Å²) in [6, 6.07) is 14.2. The minimum absolute atomic E-state index is 0.126. The molecule has 144 valence electrons. The van der Waals surface area contributed by atoms with Crippen LogP contribution in [0.5, 0.6) is 5.75 Å². The molecule has 0 saturated heterocycles. The Balaban J connectivity index is 1.75. The Morgan fingerprint density at radius 3 is 2.71 bits per heavy atom. The Morgan fingerprint density at radius 1 is 1.21 bits per heavy atom. The van der Waals surface area contributed by atoms with E-state index in [1.54, 1.807) is 36.1 Å². The van der Waals surface area contributed by atoms with Crippen molar-refractivity contribution in [2.75, 3.05) is 17.7 Å². The molecule has 28 heavy (non-hydrogen) atoms. The zero-order valence-electron chi connectivity index (χ0n) is 15.5. The lowest BCUT2D eigenvalue weighted by molar-refractivity contribution is -0.121. The topological polar surface area (TPSA) is 81.1 Å². The van der Waals surface area contributed by atoms with Crippen LogP contribution >= 0.6 is 11.6 Å². The quantitative estimate of drug-likeness (QED) is 0.703. The van der Waals surface area contributed by atoms with Crippen molar-refractivity contribution < 1.29 is 9.53 Å². The fourth-order valence-corrected chi connectivity index (χ4v) is 3.77. The van der Waals surface area contributed by atoms with Gasteiger partial charge in [-0.3, -0.25) is 4.79 Å². The number of methoxy groups -OCH3 is 1. The number of para-hydroxylation sites is 1. The van der Waals surface area contributed by atoms with Crippen LogP contribution in [-0.2, 0) is 4.79 Å². The summed E-state index contributed by atoms with van der Waals surface area (Å²) in [6.45, 7) is 1.96. The number of benzene rings is 2. The standard InChI is InChI=1S/C20H20ClN5O2/c1-12-17(19(27)25-14-9-7-13(21)8-10-14)18(26-20(24-12)22-11-23-26)15-5-3-4-6-16(15)28-2/h3-12,17-18H,1-2H3,(H,25,27)(H,22,23,24)/t12-,17+,18+/m0/s1. The first kappa shape index (κ1) is 18.3. The maximum Gasteiger partial charge on any atom is 0.232 e. The number of aromatic nitrogens is 3. The minimum atomic E-state index is -0.443. The van der Waals surface area contributed by atoms with Gasteiger partial charge in [0.1, 0.15) is 12.1 Å². The van der Waals surface area contributed by atoms with Crippen molar-refractivity contribution in [3.63, 3.8) is 0 Å². The molecule has 0 spiro atoms. The fraction of sp³-hybridized carbons (Fsp3) is 0.250. The van der Waals surface area contributed by atoms with E-state index in [1.165, 1.54) is 6.33 Å². The van der Waals surface area contributed by atoms with Crippen LogP contribution in [0.3, 0.4) is 0 Å². The van der Waals surface area contributed by atoms with Gasteiger partial charge in [0, 0.05) is 22.3 Å². The normalized spacial score (nSPS) is 20.8. The molecule has 0 radical (unpaired) electrons. The number of fused-ring (bicyclic) bond motifs is 1. The van der Waals surface area contributed by atoms with Gasteiger partial charge in [0.2, 0.25) is 11.9 Å². The Morgan fingerprint density at radius 2 is 1.96 bits per heavy atom. The average molecular weight is 398 g/mol. The molecule has 7 nitrogen and oxygen atoms in total. The third kappa shape index (κ3) is 3.29. The largest absolute Gasteiger partial charge is 0.496 e. The summed E-state index contributed by atoms with van der Waals surface area (Å²) in [7, 11) is 1.62. The van der Waals surface area contributed by atoms with Crippen LogP contribution in [0.1, 0.15) is 18.5 Å². The van der Waals surface area contributed by atoms with E-state index < -0.39 is 5.92 Å². The molecule has 3 atom stereocenters. The van der Waals surface area contributed by atoms with Crippen LogP contribution in [0.4, 0.5) is 11.6 Å². The molecule has 2 N–H and O–H groups in total. The number of anilines is 2. The molecule has 2 heterocycles. The summed E-state index contributed by atoms with van der Waals surface area (Å²) in [5, 5.41) is 11.2. The molecule has 2 aromatic carbocycles. The third-order valence-corrected chi connectivity index (χ3v) is 5.20. The number of hydrogen-bond donors (Lipinski definition) is 2. The van der Waals surface area contributed by atoms with Crippen LogP contribution < -0.4 is 15.4 Å². The van der Waals surface area contributed by atoms with Crippen molar-refractivity contribution in [1.82, 2.24) is 14.8 Å².